The molecule has 4 rings (SSSR count). The first-order valence-corrected chi connectivity index (χ1v) is 10.3. The van der Waals surface area contributed by atoms with Crippen LogP contribution in [0.1, 0.15) is 58.0 Å². The number of ether oxygens (including phenoxy) is 1. The van der Waals surface area contributed by atoms with Gasteiger partial charge in [-0.1, -0.05) is 54.6 Å². The monoisotopic (exact) mass is 399 g/mol. The maximum atomic E-state index is 12.7. The van der Waals surface area contributed by atoms with E-state index in [1.807, 2.05) is 44.2 Å². The Kier molecular flexibility index (Phi) is 5.66. The van der Waals surface area contributed by atoms with E-state index in [9.17, 15) is 9.59 Å². The van der Waals surface area contributed by atoms with E-state index < -0.39 is 0 Å². The van der Waals surface area contributed by atoms with Gasteiger partial charge in [0.15, 0.2) is 0 Å². The van der Waals surface area contributed by atoms with Crippen LogP contribution in [0.15, 0.2) is 78.9 Å². The summed E-state index contributed by atoms with van der Waals surface area (Å²) >= 11 is 0. The van der Waals surface area contributed by atoms with Crippen LogP contribution in [0.4, 0.5) is 0 Å². The highest BCUT2D eigenvalue weighted by Crippen LogP contribution is 2.31. The highest BCUT2D eigenvalue weighted by atomic mass is 16.5. The Hall–Kier alpha value is -3.40. The van der Waals surface area contributed by atoms with Gasteiger partial charge in [0, 0.05) is 12.5 Å². The molecule has 4 heteroatoms. The van der Waals surface area contributed by atoms with E-state index in [-0.39, 0.29) is 23.8 Å². The van der Waals surface area contributed by atoms with Gasteiger partial charge in [-0.15, -0.1) is 0 Å². The molecule has 0 spiro atoms. The predicted molar refractivity (Wildman–Crippen MR) is 117 cm³/mol. The second-order valence-corrected chi connectivity index (χ2v) is 7.80. The molecule has 0 N–H and O–H groups in total. The van der Waals surface area contributed by atoms with E-state index >= 15 is 0 Å². The molecule has 0 saturated carbocycles. The van der Waals surface area contributed by atoms with Crippen LogP contribution in [0.2, 0.25) is 0 Å². The number of imide groups is 1. The molecule has 1 atom stereocenters. The van der Waals surface area contributed by atoms with Crippen molar-refractivity contribution in [2.45, 2.75) is 32.3 Å². The number of carbonyl (C=O) groups is 2. The van der Waals surface area contributed by atoms with Gasteiger partial charge in [0.25, 0.3) is 11.8 Å². The van der Waals surface area contributed by atoms with Crippen molar-refractivity contribution in [3.63, 3.8) is 0 Å². The Morgan fingerprint density at radius 3 is 1.83 bits per heavy atom. The minimum absolute atomic E-state index is 0.0728. The van der Waals surface area contributed by atoms with Gasteiger partial charge in [-0.3, -0.25) is 14.5 Å². The smallest absolute Gasteiger partial charge is 0.261 e. The first kappa shape index (κ1) is 19.9. The molecule has 3 aromatic rings. The molecule has 30 heavy (non-hydrogen) atoms. The molecule has 3 aromatic carbocycles. The summed E-state index contributed by atoms with van der Waals surface area (Å²) in [5.74, 6) is 0.496. The maximum absolute atomic E-state index is 12.7. The van der Waals surface area contributed by atoms with Crippen molar-refractivity contribution in [3.8, 4) is 5.75 Å². The van der Waals surface area contributed by atoms with Crippen molar-refractivity contribution in [2.75, 3.05) is 6.54 Å². The molecule has 0 aliphatic carbocycles. The fraction of sp³-hybridized carbons (Fsp3) is 0.231. The van der Waals surface area contributed by atoms with Gasteiger partial charge < -0.3 is 4.74 Å². The van der Waals surface area contributed by atoms with Gasteiger partial charge in [0.1, 0.15) is 5.75 Å². The standard InChI is InChI=1S/C26H25NO3/c1-18(2)30-21-14-12-20(13-15-21)22(19-8-4-3-5-9-19)16-17-27-25(28)23-10-6-7-11-24(23)26(27)29/h3-15,18,22H,16-17H2,1-2H3/t22-/m0/s1. The molecule has 1 heterocycles. The summed E-state index contributed by atoms with van der Waals surface area (Å²) in [6.45, 7) is 4.38. The maximum Gasteiger partial charge on any atom is 0.261 e. The Balaban J connectivity index is 1.56. The van der Waals surface area contributed by atoms with Crippen molar-refractivity contribution in [3.05, 3.63) is 101 Å². The topological polar surface area (TPSA) is 46.6 Å². The molecular formula is C26H25NO3. The van der Waals surface area contributed by atoms with Gasteiger partial charge in [-0.2, -0.15) is 0 Å². The largest absolute Gasteiger partial charge is 0.491 e. The average Bonchev–Trinajstić information content (AvgIpc) is 3.00. The molecule has 0 fully saturated rings. The third kappa shape index (κ3) is 3.99. The van der Waals surface area contributed by atoms with E-state index in [1.54, 1.807) is 24.3 Å². The van der Waals surface area contributed by atoms with Crippen molar-refractivity contribution >= 4 is 11.8 Å². The van der Waals surface area contributed by atoms with E-state index in [0.717, 1.165) is 16.9 Å². The van der Waals surface area contributed by atoms with Crippen molar-refractivity contribution in [2.24, 2.45) is 0 Å². The SMILES string of the molecule is CC(C)Oc1ccc([C@@H](CCN2C(=O)c3ccccc3C2=O)c2ccccc2)cc1. The van der Waals surface area contributed by atoms with Crippen LogP contribution in [0.5, 0.6) is 5.75 Å². The van der Waals surface area contributed by atoms with Gasteiger partial charge in [0.2, 0.25) is 0 Å². The number of nitrogens with zero attached hydrogens (tertiary/aromatic N) is 1. The number of fused-ring (bicyclic) bond motifs is 1. The molecule has 152 valence electrons. The number of hydrogen-bond acceptors (Lipinski definition) is 3. The summed E-state index contributed by atoms with van der Waals surface area (Å²) in [7, 11) is 0. The highest BCUT2D eigenvalue weighted by Gasteiger charge is 2.35. The van der Waals surface area contributed by atoms with Crippen LogP contribution in [0.3, 0.4) is 0 Å². The molecular weight excluding hydrogens is 374 g/mol. The Morgan fingerprint density at radius 2 is 1.27 bits per heavy atom. The van der Waals surface area contributed by atoms with E-state index in [4.69, 9.17) is 4.74 Å². The number of benzene rings is 3. The number of hydrogen-bond donors (Lipinski definition) is 0. The highest BCUT2D eigenvalue weighted by molar-refractivity contribution is 6.21. The lowest BCUT2D eigenvalue weighted by Crippen LogP contribution is -2.31. The fourth-order valence-electron chi connectivity index (χ4n) is 3.96. The number of carbonyl (C=O) groups excluding carboxylic acids is 2. The molecule has 2 amide bonds. The zero-order chi connectivity index (χ0) is 21.1. The lowest BCUT2D eigenvalue weighted by molar-refractivity contribution is 0.0651. The van der Waals surface area contributed by atoms with Gasteiger partial charge >= 0.3 is 0 Å². The van der Waals surface area contributed by atoms with Crippen molar-refractivity contribution in [1.82, 2.24) is 4.90 Å². The zero-order valence-corrected chi connectivity index (χ0v) is 17.2. The second kappa shape index (κ2) is 8.54. The number of amides is 2. The Bertz CT molecular complexity index is 1010. The Morgan fingerprint density at radius 1 is 0.733 bits per heavy atom. The predicted octanol–water partition coefficient (Wildman–Crippen LogP) is 5.29. The molecule has 0 aromatic heterocycles. The van der Waals surface area contributed by atoms with E-state index in [1.165, 1.54) is 4.90 Å². The van der Waals surface area contributed by atoms with Crippen LogP contribution >= 0.6 is 0 Å². The minimum Gasteiger partial charge on any atom is -0.491 e. The average molecular weight is 399 g/mol. The van der Waals surface area contributed by atoms with Crippen molar-refractivity contribution in [1.29, 1.82) is 0 Å². The summed E-state index contributed by atoms with van der Waals surface area (Å²) in [6, 6.07) is 25.3. The third-order valence-electron chi connectivity index (χ3n) is 5.38. The molecule has 0 radical (unpaired) electrons. The van der Waals surface area contributed by atoms with E-state index in [0.29, 0.717) is 24.1 Å². The van der Waals surface area contributed by atoms with Crippen LogP contribution < -0.4 is 4.74 Å². The summed E-state index contributed by atoms with van der Waals surface area (Å²) in [5.41, 5.74) is 3.28. The summed E-state index contributed by atoms with van der Waals surface area (Å²) in [4.78, 5) is 26.8. The van der Waals surface area contributed by atoms with Gasteiger partial charge in [-0.25, -0.2) is 0 Å². The second-order valence-electron chi connectivity index (χ2n) is 7.80. The van der Waals surface area contributed by atoms with Crippen LogP contribution in [-0.4, -0.2) is 29.4 Å². The minimum atomic E-state index is -0.205. The summed E-state index contributed by atoms with van der Waals surface area (Å²) in [5, 5.41) is 0. The first-order chi connectivity index (χ1) is 14.5. The van der Waals surface area contributed by atoms with Crippen LogP contribution in [-0.2, 0) is 0 Å². The molecule has 0 unspecified atom stereocenters. The molecule has 4 nitrogen and oxygen atoms in total. The summed E-state index contributed by atoms with van der Waals surface area (Å²) in [6.07, 6.45) is 0.773. The molecule has 1 aliphatic rings. The van der Waals surface area contributed by atoms with E-state index in [2.05, 4.69) is 24.3 Å². The quantitative estimate of drug-likeness (QED) is 0.507. The molecule has 0 bridgehead atoms. The lowest BCUT2D eigenvalue weighted by atomic mass is 9.88. The normalized spacial score (nSPS) is 14.2. The first-order valence-electron chi connectivity index (χ1n) is 10.3. The van der Waals surface area contributed by atoms with Crippen LogP contribution in [0.25, 0.3) is 0 Å². The Labute approximate surface area is 177 Å². The zero-order valence-electron chi connectivity index (χ0n) is 17.2. The molecule has 0 saturated heterocycles. The lowest BCUT2D eigenvalue weighted by Gasteiger charge is -2.22. The van der Waals surface area contributed by atoms with Crippen molar-refractivity contribution < 1.29 is 14.3 Å². The summed E-state index contributed by atoms with van der Waals surface area (Å²) < 4.78 is 5.76. The van der Waals surface area contributed by atoms with Gasteiger partial charge in [-0.05, 0) is 55.7 Å². The fourth-order valence-corrected chi connectivity index (χ4v) is 3.96. The number of rotatable bonds is 7. The third-order valence-corrected chi connectivity index (χ3v) is 5.38. The van der Waals surface area contributed by atoms with Crippen LogP contribution in [0, 0.1) is 0 Å². The molecule has 1 aliphatic heterocycles. The van der Waals surface area contributed by atoms with Gasteiger partial charge in [0.05, 0.1) is 17.2 Å².